The van der Waals surface area contributed by atoms with Gasteiger partial charge in [-0.3, -0.25) is 4.79 Å². The lowest BCUT2D eigenvalue weighted by Gasteiger charge is -2.22. The van der Waals surface area contributed by atoms with Gasteiger partial charge in [0.25, 0.3) is 0 Å². The fourth-order valence-electron chi connectivity index (χ4n) is 1.78. The van der Waals surface area contributed by atoms with Gasteiger partial charge in [-0.25, -0.2) is 0 Å². The molecular weight excluding hydrogens is 204 g/mol. The Balaban J connectivity index is 2.35. The van der Waals surface area contributed by atoms with Crippen molar-refractivity contribution in [3.05, 3.63) is 0 Å². The van der Waals surface area contributed by atoms with Crippen LogP contribution in [-0.4, -0.2) is 24.3 Å². The van der Waals surface area contributed by atoms with Crippen LogP contribution in [0.4, 0.5) is 0 Å². The van der Waals surface area contributed by atoms with Gasteiger partial charge in [0.15, 0.2) is 5.60 Å². The molecule has 0 bridgehead atoms. The minimum absolute atomic E-state index is 0.158. The van der Waals surface area contributed by atoms with Gasteiger partial charge in [0.05, 0.1) is 6.10 Å². The van der Waals surface area contributed by atoms with Crippen molar-refractivity contribution in [2.24, 2.45) is 0 Å². The Morgan fingerprint density at radius 3 is 2.94 bits per heavy atom. The van der Waals surface area contributed by atoms with Gasteiger partial charge in [-0.15, -0.1) is 6.42 Å². The van der Waals surface area contributed by atoms with Gasteiger partial charge < -0.3 is 9.47 Å². The van der Waals surface area contributed by atoms with E-state index < -0.39 is 5.60 Å². The largest absolute Gasteiger partial charge is 0.462 e. The molecule has 1 heterocycles. The van der Waals surface area contributed by atoms with E-state index in [1.165, 1.54) is 0 Å². The number of terminal acetylenes is 1. The van der Waals surface area contributed by atoms with Crippen LogP contribution >= 0.6 is 0 Å². The molecule has 1 aliphatic rings. The third kappa shape index (κ3) is 3.53. The molecule has 0 spiro atoms. The molecule has 1 fully saturated rings. The summed E-state index contributed by atoms with van der Waals surface area (Å²) in [4.78, 5) is 11.4. The molecule has 0 aliphatic carbocycles. The highest BCUT2D eigenvalue weighted by molar-refractivity contribution is 5.69. The minimum atomic E-state index is -0.679. The van der Waals surface area contributed by atoms with Crippen LogP contribution in [0.1, 0.15) is 46.0 Å². The van der Waals surface area contributed by atoms with Crippen molar-refractivity contribution >= 4 is 5.97 Å². The first-order chi connectivity index (χ1) is 7.62. The van der Waals surface area contributed by atoms with Crippen LogP contribution in [0.5, 0.6) is 0 Å². The van der Waals surface area contributed by atoms with Gasteiger partial charge >= 0.3 is 5.97 Å². The first-order valence-corrected chi connectivity index (χ1v) is 5.93. The summed E-state index contributed by atoms with van der Waals surface area (Å²) in [6, 6.07) is 0. The number of rotatable bonds is 5. The van der Waals surface area contributed by atoms with E-state index in [1.54, 1.807) is 0 Å². The Labute approximate surface area is 97.5 Å². The normalized spacial score (nSPS) is 28.7. The lowest BCUT2D eigenvalue weighted by molar-refractivity contribution is -0.150. The van der Waals surface area contributed by atoms with Crippen LogP contribution in [0.2, 0.25) is 0 Å². The Hall–Kier alpha value is -1.01. The zero-order chi connectivity index (χ0) is 12.0. The van der Waals surface area contributed by atoms with Crippen molar-refractivity contribution in [3.8, 4) is 12.3 Å². The third-order valence-electron chi connectivity index (χ3n) is 2.85. The first-order valence-electron chi connectivity index (χ1n) is 5.93. The summed E-state index contributed by atoms with van der Waals surface area (Å²) in [7, 11) is 0. The van der Waals surface area contributed by atoms with Crippen LogP contribution in [0, 0.1) is 12.3 Å². The fraction of sp³-hybridized carbons (Fsp3) is 0.769. The molecule has 0 N–H and O–H groups in total. The minimum Gasteiger partial charge on any atom is -0.462 e. The predicted octanol–water partition coefficient (Wildman–Crippen LogP) is 2.29. The average molecular weight is 224 g/mol. The van der Waals surface area contributed by atoms with Gasteiger partial charge in [0.2, 0.25) is 0 Å². The maximum absolute atomic E-state index is 11.4. The van der Waals surface area contributed by atoms with E-state index in [2.05, 4.69) is 5.92 Å². The zero-order valence-electron chi connectivity index (χ0n) is 10.1. The molecule has 0 aromatic carbocycles. The number of ether oxygens (including phenoxy) is 2. The van der Waals surface area contributed by atoms with Crippen LogP contribution in [-0.2, 0) is 14.3 Å². The second-order valence-corrected chi connectivity index (χ2v) is 4.37. The number of hydrogen-bond acceptors (Lipinski definition) is 3. The van der Waals surface area contributed by atoms with E-state index in [4.69, 9.17) is 15.9 Å². The predicted molar refractivity (Wildman–Crippen MR) is 61.8 cm³/mol. The summed E-state index contributed by atoms with van der Waals surface area (Å²) in [5.74, 6) is 2.44. The van der Waals surface area contributed by atoms with E-state index in [0.717, 1.165) is 25.7 Å². The quantitative estimate of drug-likeness (QED) is 0.531. The highest BCUT2D eigenvalue weighted by Gasteiger charge is 2.38. The van der Waals surface area contributed by atoms with Crippen molar-refractivity contribution < 1.29 is 14.3 Å². The Morgan fingerprint density at radius 1 is 1.69 bits per heavy atom. The molecule has 3 heteroatoms. The van der Waals surface area contributed by atoms with Crippen LogP contribution in [0.15, 0.2) is 0 Å². The van der Waals surface area contributed by atoms with Gasteiger partial charge in [-0.05, 0) is 26.2 Å². The highest BCUT2D eigenvalue weighted by atomic mass is 16.6. The molecule has 16 heavy (non-hydrogen) atoms. The van der Waals surface area contributed by atoms with Crippen molar-refractivity contribution in [1.82, 2.24) is 0 Å². The topological polar surface area (TPSA) is 35.5 Å². The van der Waals surface area contributed by atoms with Crippen molar-refractivity contribution in [1.29, 1.82) is 0 Å². The lowest BCUT2D eigenvalue weighted by Crippen LogP contribution is -2.34. The van der Waals surface area contributed by atoms with E-state index >= 15 is 0 Å². The van der Waals surface area contributed by atoms with E-state index in [0.29, 0.717) is 6.42 Å². The fourth-order valence-corrected chi connectivity index (χ4v) is 1.78. The molecule has 2 unspecified atom stereocenters. The van der Waals surface area contributed by atoms with Crippen LogP contribution < -0.4 is 0 Å². The summed E-state index contributed by atoms with van der Waals surface area (Å²) in [6.45, 7) is 4.21. The van der Waals surface area contributed by atoms with Gasteiger partial charge in [0.1, 0.15) is 6.61 Å². The molecular formula is C13H20O3. The molecule has 0 amide bonds. The number of unbranched alkanes of at least 4 members (excludes halogenated alkanes) is 1. The molecule has 2 atom stereocenters. The smallest absolute Gasteiger partial charge is 0.305 e. The van der Waals surface area contributed by atoms with Gasteiger partial charge in [-0.2, -0.15) is 0 Å². The number of carbonyl (C=O) groups is 1. The van der Waals surface area contributed by atoms with E-state index in [1.807, 2.05) is 13.8 Å². The summed E-state index contributed by atoms with van der Waals surface area (Å²) >= 11 is 0. The standard InChI is InChI=1S/C13H20O3/c1-4-6-7-12(14)15-10-13(5-2)9-8-11(3)16-13/h2,11H,4,6-10H2,1,3H3. The maximum atomic E-state index is 11.4. The zero-order valence-corrected chi connectivity index (χ0v) is 10.1. The summed E-state index contributed by atoms with van der Waals surface area (Å²) in [6.07, 6.45) is 9.62. The molecule has 0 aromatic heterocycles. The van der Waals surface area contributed by atoms with Crippen molar-refractivity contribution in [3.63, 3.8) is 0 Å². The van der Waals surface area contributed by atoms with Crippen LogP contribution in [0.3, 0.4) is 0 Å². The Kier molecular flexibility index (Phi) is 4.82. The summed E-state index contributed by atoms with van der Waals surface area (Å²) in [5, 5.41) is 0. The number of carbonyl (C=O) groups excluding carboxylic acids is 1. The molecule has 0 aromatic rings. The molecule has 1 aliphatic heterocycles. The second-order valence-electron chi connectivity index (χ2n) is 4.37. The first kappa shape index (κ1) is 13.1. The molecule has 0 saturated carbocycles. The van der Waals surface area contributed by atoms with Crippen LogP contribution in [0.25, 0.3) is 0 Å². The van der Waals surface area contributed by atoms with Gasteiger partial charge in [-0.1, -0.05) is 19.3 Å². The maximum Gasteiger partial charge on any atom is 0.305 e. The number of esters is 1. The monoisotopic (exact) mass is 224 g/mol. The van der Waals surface area contributed by atoms with Crippen molar-refractivity contribution in [2.45, 2.75) is 57.7 Å². The SMILES string of the molecule is C#CC1(COC(=O)CCCC)CCC(C)O1. The molecule has 0 radical (unpaired) electrons. The molecule has 1 rings (SSSR count). The Bertz CT molecular complexity index is 279. The second kappa shape index (κ2) is 5.91. The lowest BCUT2D eigenvalue weighted by atomic mass is 10.0. The Morgan fingerprint density at radius 2 is 2.44 bits per heavy atom. The highest BCUT2D eigenvalue weighted by Crippen LogP contribution is 2.30. The van der Waals surface area contributed by atoms with Crippen molar-refractivity contribution in [2.75, 3.05) is 6.61 Å². The number of hydrogen-bond donors (Lipinski definition) is 0. The van der Waals surface area contributed by atoms with E-state index in [9.17, 15) is 4.79 Å². The molecule has 1 saturated heterocycles. The van der Waals surface area contributed by atoms with Gasteiger partial charge in [0, 0.05) is 6.42 Å². The molecule has 90 valence electrons. The third-order valence-corrected chi connectivity index (χ3v) is 2.85. The van der Waals surface area contributed by atoms with E-state index in [-0.39, 0.29) is 18.7 Å². The summed E-state index contributed by atoms with van der Waals surface area (Å²) in [5.41, 5.74) is -0.679. The summed E-state index contributed by atoms with van der Waals surface area (Å²) < 4.78 is 10.8. The molecule has 3 nitrogen and oxygen atoms in total. The average Bonchev–Trinajstić information content (AvgIpc) is 2.66.